The highest BCUT2D eigenvalue weighted by atomic mass is 32.1. The molecule has 106 valence electrons. The molecule has 0 radical (unpaired) electrons. The van der Waals surface area contributed by atoms with Crippen LogP contribution in [-0.2, 0) is 11.2 Å². The molecule has 0 aliphatic carbocycles. The van der Waals surface area contributed by atoms with E-state index in [-0.39, 0.29) is 12.5 Å². The molecule has 1 aliphatic rings. The first-order valence-corrected chi connectivity index (χ1v) is 7.50. The van der Waals surface area contributed by atoms with E-state index in [0.29, 0.717) is 13.1 Å². The van der Waals surface area contributed by atoms with Gasteiger partial charge in [0.25, 0.3) is 0 Å². The smallest absolute Gasteiger partial charge is 0.226 e. The lowest BCUT2D eigenvalue weighted by atomic mass is 10.3. The SMILES string of the molecule is O=C(Cc1cccs1)NCN1CCN(CCO)CC1. The third kappa shape index (κ3) is 4.91. The monoisotopic (exact) mass is 283 g/mol. The minimum Gasteiger partial charge on any atom is -0.395 e. The van der Waals surface area contributed by atoms with Gasteiger partial charge in [0.05, 0.1) is 19.7 Å². The van der Waals surface area contributed by atoms with Crippen LogP contribution in [0.2, 0.25) is 0 Å². The first-order chi connectivity index (χ1) is 9.28. The summed E-state index contributed by atoms with van der Waals surface area (Å²) in [5.74, 6) is 0.0836. The van der Waals surface area contributed by atoms with Gasteiger partial charge in [-0.1, -0.05) is 6.07 Å². The minimum atomic E-state index is 0.0836. The number of nitrogens with zero attached hydrogens (tertiary/aromatic N) is 2. The van der Waals surface area contributed by atoms with Gasteiger partial charge < -0.3 is 10.4 Å². The predicted molar refractivity (Wildman–Crippen MR) is 76.1 cm³/mol. The summed E-state index contributed by atoms with van der Waals surface area (Å²) in [7, 11) is 0. The number of aliphatic hydroxyl groups excluding tert-OH is 1. The molecule has 1 amide bonds. The lowest BCUT2D eigenvalue weighted by Gasteiger charge is -2.34. The fourth-order valence-corrected chi connectivity index (χ4v) is 2.85. The molecule has 0 aromatic carbocycles. The first-order valence-electron chi connectivity index (χ1n) is 6.62. The van der Waals surface area contributed by atoms with Gasteiger partial charge in [-0.25, -0.2) is 0 Å². The summed E-state index contributed by atoms with van der Waals surface area (Å²) in [6.07, 6.45) is 0.474. The van der Waals surface area contributed by atoms with Crippen LogP contribution >= 0.6 is 11.3 Å². The molecular formula is C13H21N3O2S. The maximum Gasteiger partial charge on any atom is 0.226 e. The van der Waals surface area contributed by atoms with Crippen molar-refractivity contribution in [1.82, 2.24) is 15.1 Å². The molecule has 1 aliphatic heterocycles. The Labute approximate surface area is 117 Å². The van der Waals surface area contributed by atoms with Crippen molar-refractivity contribution in [3.63, 3.8) is 0 Å². The van der Waals surface area contributed by atoms with Gasteiger partial charge in [0.2, 0.25) is 5.91 Å². The molecule has 0 unspecified atom stereocenters. The normalized spacial score (nSPS) is 17.5. The van der Waals surface area contributed by atoms with E-state index in [1.165, 1.54) is 0 Å². The van der Waals surface area contributed by atoms with E-state index < -0.39 is 0 Å². The topological polar surface area (TPSA) is 55.8 Å². The molecule has 1 aromatic rings. The molecule has 0 atom stereocenters. The van der Waals surface area contributed by atoms with Crippen molar-refractivity contribution in [2.75, 3.05) is 46.0 Å². The van der Waals surface area contributed by atoms with Gasteiger partial charge in [0, 0.05) is 37.6 Å². The third-order valence-corrected chi connectivity index (χ3v) is 4.17. The van der Waals surface area contributed by atoms with Crippen LogP contribution in [0.15, 0.2) is 17.5 Å². The van der Waals surface area contributed by atoms with Crippen LogP contribution < -0.4 is 5.32 Å². The molecule has 1 aromatic heterocycles. The zero-order valence-electron chi connectivity index (χ0n) is 11.0. The maximum absolute atomic E-state index is 11.7. The Morgan fingerprint density at radius 3 is 2.68 bits per heavy atom. The quantitative estimate of drug-likeness (QED) is 0.770. The Morgan fingerprint density at radius 1 is 1.32 bits per heavy atom. The van der Waals surface area contributed by atoms with Gasteiger partial charge in [-0.3, -0.25) is 14.6 Å². The summed E-state index contributed by atoms with van der Waals surface area (Å²) >= 11 is 1.61. The number of thiophene rings is 1. The highest BCUT2D eigenvalue weighted by Gasteiger charge is 2.16. The fourth-order valence-electron chi connectivity index (χ4n) is 2.15. The Bertz CT molecular complexity index is 375. The average molecular weight is 283 g/mol. The van der Waals surface area contributed by atoms with Crippen molar-refractivity contribution in [3.8, 4) is 0 Å². The van der Waals surface area contributed by atoms with Crippen LogP contribution in [0.4, 0.5) is 0 Å². The highest BCUT2D eigenvalue weighted by molar-refractivity contribution is 7.10. The summed E-state index contributed by atoms with van der Waals surface area (Å²) in [5, 5.41) is 13.8. The second-order valence-electron chi connectivity index (χ2n) is 4.70. The zero-order chi connectivity index (χ0) is 13.5. The predicted octanol–water partition coefficient (Wildman–Crippen LogP) is -0.0258. The number of aliphatic hydroxyl groups is 1. The van der Waals surface area contributed by atoms with Crippen LogP contribution in [0.25, 0.3) is 0 Å². The first kappa shape index (κ1) is 14.5. The molecule has 0 spiro atoms. The molecule has 2 heterocycles. The Morgan fingerprint density at radius 2 is 2.05 bits per heavy atom. The molecular weight excluding hydrogens is 262 g/mol. The second kappa shape index (κ2) is 7.59. The Kier molecular flexibility index (Phi) is 5.78. The molecule has 0 saturated carbocycles. The standard InChI is InChI=1S/C13H21N3O2S/c17-8-7-15-3-5-16(6-4-15)11-14-13(18)10-12-2-1-9-19-12/h1-2,9,17H,3-8,10-11H2,(H,14,18). The summed E-state index contributed by atoms with van der Waals surface area (Å²) in [4.78, 5) is 17.3. The van der Waals surface area contributed by atoms with Gasteiger partial charge >= 0.3 is 0 Å². The number of piperazine rings is 1. The van der Waals surface area contributed by atoms with Crippen LogP contribution in [0.1, 0.15) is 4.88 Å². The van der Waals surface area contributed by atoms with E-state index in [1.54, 1.807) is 11.3 Å². The van der Waals surface area contributed by atoms with Gasteiger partial charge in [-0.15, -0.1) is 11.3 Å². The molecule has 0 bridgehead atoms. The summed E-state index contributed by atoms with van der Waals surface area (Å²) in [6.45, 7) is 5.40. The molecule has 1 fully saturated rings. The van der Waals surface area contributed by atoms with E-state index in [2.05, 4.69) is 15.1 Å². The maximum atomic E-state index is 11.7. The number of rotatable bonds is 6. The van der Waals surface area contributed by atoms with Crippen LogP contribution in [-0.4, -0.2) is 66.8 Å². The molecule has 19 heavy (non-hydrogen) atoms. The van der Waals surface area contributed by atoms with Crippen LogP contribution in [0.3, 0.4) is 0 Å². The number of carbonyl (C=O) groups excluding carboxylic acids is 1. The molecule has 2 rings (SSSR count). The largest absolute Gasteiger partial charge is 0.395 e. The van der Waals surface area contributed by atoms with Gasteiger partial charge in [0.1, 0.15) is 0 Å². The highest BCUT2D eigenvalue weighted by Crippen LogP contribution is 2.08. The van der Waals surface area contributed by atoms with Crippen LogP contribution in [0, 0.1) is 0 Å². The van der Waals surface area contributed by atoms with Crippen molar-refractivity contribution in [2.24, 2.45) is 0 Å². The van der Waals surface area contributed by atoms with Gasteiger partial charge in [-0.2, -0.15) is 0 Å². The number of carbonyl (C=O) groups is 1. The number of β-amino-alcohol motifs (C(OH)–C–C–N with tert-alkyl or cyclic N) is 1. The summed E-state index contributed by atoms with van der Waals surface area (Å²) in [5.41, 5.74) is 0. The molecule has 2 N–H and O–H groups in total. The number of hydrogen-bond donors (Lipinski definition) is 2. The average Bonchev–Trinajstić information content (AvgIpc) is 2.91. The summed E-state index contributed by atoms with van der Waals surface area (Å²) < 4.78 is 0. The van der Waals surface area contributed by atoms with E-state index in [9.17, 15) is 4.79 Å². The molecule has 5 nitrogen and oxygen atoms in total. The van der Waals surface area contributed by atoms with Crippen molar-refractivity contribution < 1.29 is 9.90 Å². The van der Waals surface area contributed by atoms with E-state index in [0.717, 1.165) is 37.6 Å². The molecule has 1 saturated heterocycles. The number of hydrogen-bond acceptors (Lipinski definition) is 5. The van der Waals surface area contributed by atoms with Crippen molar-refractivity contribution in [1.29, 1.82) is 0 Å². The van der Waals surface area contributed by atoms with Crippen LogP contribution in [0.5, 0.6) is 0 Å². The molecule has 6 heteroatoms. The van der Waals surface area contributed by atoms with Gasteiger partial charge in [-0.05, 0) is 11.4 Å². The second-order valence-corrected chi connectivity index (χ2v) is 5.73. The van der Waals surface area contributed by atoms with E-state index >= 15 is 0 Å². The fraction of sp³-hybridized carbons (Fsp3) is 0.615. The van der Waals surface area contributed by atoms with Gasteiger partial charge in [0.15, 0.2) is 0 Å². The van der Waals surface area contributed by atoms with Crippen molar-refractivity contribution >= 4 is 17.2 Å². The summed E-state index contributed by atoms with van der Waals surface area (Å²) in [6, 6.07) is 3.95. The lowest BCUT2D eigenvalue weighted by molar-refractivity contribution is -0.121. The number of amides is 1. The number of nitrogens with one attached hydrogen (secondary N) is 1. The minimum absolute atomic E-state index is 0.0836. The van der Waals surface area contributed by atoms with E-state index in [4.69, 9.17) is 5.11 Å². The zero-order valence-corrected chi connectivity index (χ0v) is 11.9. The van der Waals surface area contributed by atoms with Crippen molar-refractivity contribution in [3.05, 3.63) is 22.4 Å². The van der Waals surface area contributed by atoms with E-state index in [1.807, 2.05) is 17.5 Å². The lowest BCUT2D eigenvalue weighted by Crippen LogP contribution is -2.50. The Hall–Kier alpha value is -0.950. The van der Waals surface area contributed by atoms with Crippen molar-refractivity contribution in [2.45, 2.75) is 6.42 Å². The third-order valence-electron chi connectivity index (χ3n) is 3.30. The Balaban J connectivity index is 1.62.